The predicted molar refractivity (Wildman–Crippen MR) is 94.9 cm³/mol. The van der Waals surface area contributed by atoms with Gasteiger partial charge in [0.25, 0.3) is 0 Å². The molecule has 0 aromatic heterocycles. The van der Waals surface area contributed by atoms with Gasteiger partial charge in [0.2, 0.25) is 5.91 Å². The van der Waals surface area contributed by atoms with Crippen LogP contribution in [0, 0.1) is 6.92 Å². The number of methoxy groups -OCH3 is 1. The number of benzene rings is 1. The van der Waals surface area contributed by atoms with Crippen molar-refractivity contribution >= 4 is 18.3 Å². The molecule has 0 aliphatic carbocycles. The standard InChI is InChI=1S/C17H26N2O4.ClH/c1-13-3-4-14(16(9-13)23-8-7-21-2)11-19-17(20)10-15-12-22-6-5-18-15;/h3-4,9,15,18H,5-8,10-12H2,1-2H3,(H,19,20);1H. The summed E-state index contributed by atoms with van der Waals surface area (Å²) in [6, 6.07) is 6.08. The van der Waals surface area contributed by atoms with Crippen molar-refractivity contribution in [2.45, 2.75) is 25.9 Å². The van der Waals surface area contributed by atoms with E-state index < -0.39 is 0 Å². The summed E-state index contributed by atoms with van der Waals surface area (Å²) in [5, 5.41) is 6.23. The third-order valence-corrected chi connectivity index (χ3v) is 3.67. The number of morpholine rings is 1. The van der Waals surface area contributed by atoms with Gasteiger partial charge in [-0.2, -0.15) is 0 Å². The Morgan fingerprint density at radius 1 is 1.42 bits per heavy atom. The molecule has 2 N–H and O–H groups in total. The van der Waals surface area contributed by atoms with Crippen LogP contribution in [-0.4, -0.2) is 52.0 Å². The van der Waals surface area contributed by atoms with E-state index in [9.17, 15) is 4.79 Å². The van der Waals surface area contributed by atoms with Gasteiger partial charge in [-0.3, -0.25) is 4.79 Å². The van der Waals surface area contributed by atoms with Gasteiger partial charge in [-0.1, -0.05) is 12.1 Å². The first-order chi connectivity index (χ1) is 11.2. The van der Waals surface area contributed by atoms with Gasteiger partial charge in [-0.05, 0) is 18.6 Å². The average molecular weight is 359 g/mol. The van der Waals surface area contributed by atoms with Crippen LogP contribution in [0.4, 0.5) is 0 Å². The lowest BCUT2D eigenvalue weighted by atomic mass is 10.1. The highest BCUT2D eigenvalue weighted by Gasteiger charge is 2.17. The van der Waals surface area contributed by atoms with Crippen molar-refractivity contribution in [3.05, 3.63) is 29.3 Å². The third kappa shape index (κ3) is 7.05. The molecule has 1 aliphatic rings. The topological polar surface area (TPSA) is 68.8 Å². The number of aryl methyl sites for hydroxylation is 1. The third-order valence-electron chi connectivity index (χ3n) is 3.67. The first-order valence-electron chi connectivity index (χ1n) is 7.98. The molecule has 7 heteroatoms. The van der Waals surface area contributed by atoms with E-state index in [1.165, 1.54) is 0 Å². The summed E-state index contributed by atoms with van der Waals surface area (Å²) >= 11 is 0. The molecular formula is C17H27ClN2O4. The number of nitrogens with one attached hydrogen (secondary N) is 2. The van der Waals surface area contributed by atoms with Gasteiger partial charge in [0, 0.05) is 38.2 Å². The smallest absolute Gasteiger partial charge is 0.221 e. The van der Waals surface area contributed by atoms with Gasteiger partial charge in [0.05, 0.1) is 19.8 Å². The Morgan fingerprint density at radius 3 is 2.96 bits per heavy atom. The molecule has 1 aliphatic heterocycles. The molecule has 1 aromatic carbocycles. The molecule has 1 atom stereocenters. The number of amides is 1. The Kier molecular flexibility index (Phi) is 9.71. The molecular weight excluding hydrogens is 332 g/mol. The van der Waals surface area contributed by atoms with Gasteiger partial charge < -0.3 is 24.8 Å². The molecule has 2 rings (SSSR count). The fourth-order valence-corrected chi connectivity index (χ4v) is 2.42. The van der Waals surface area contributed by atoms with Crippen molar-refractivity contribution in [1.29, 1.82) is 0 Å². The van der Waals surface area contributed by atoms with E-state index >= 15 is 0 Å². The maximum atomic E-state index is 12.1. The fraction of sp³-hybridized carbons (Fsp3) is 0.588. The molecule has 1 aromatic rings. The van der Waals surface area contributed by atoms with Gasteiger partial charge in [0.15, 0.2) is 0 Å². The summed E-state index contributed by atoms with van der Waals surface area (Å²) in [6.45, 7) is 5.59. The highest BCUT2D eigenvalue weighted by molar-refractivity contribution is 5.85. The zero-order valence-corrected chi connectivity index (χ0v) is 15.1. The van der Waals surface area contributed by atoms with Crippen LogP contribution in [0.25, 0.3) is 0 Å². The Bertz CT molecular complexity index is 507. The van der Waals surface area contributed by atoms with Crippen molar-refractivity contribution in [3.8, 4) is 5.75 Å². The predicted octanol–water partition coefficient (Wildman–Crippen LogP) is 1.44. The lowest BCUT2D eigenvalue weighted by Gasteiger charge is -2.23. The van der Waals surface area contributed by atoms with Crippen LogP contribution in [0.1, 0.15) is 17.5 Å². The van der Waals surface area contributed by atoms with E-state index in [1.54, 1.807) is 7.11 Å². The number of halogens is 1. The molecule has 1 fully saturated rings. The lowest BCUT2D eigenvalue weighted by Crippen LogP contribution is -2.44. The van der Waals surface area contributed by atoms with Crippen LogP contribution < -0.4 is 15.4 Å². The van der Waals surface area contributed by atoms with Crippen LogP contribution in [0.15, 0.2) is 18.2 Å². The Labute approximate surface area is 149 Å². The summed E-state index contributed by atoms with van der Waals surface area (Å²) in [5.41, 5.74) is 2.09. The number of hydrogen-bond acceptors (Lipinski definition) is 5. The van der Waals surface area contributed by atoms with Crippen molar-refractivity contribution < 1.29 is 19.0 Å². The van der Waals surface area contributed by atoms with Gasteiger partial charge in [-0.15, -0.1) is 12.4 Å². The van der Waals surface area contributed by atoms with Crippen molar-refractivity contribution in [2.75, 3.05) is 40.1 Å². The second-order valence-electron chi connectivity index (χ2n) is 5.66. The monoisotopic (exact) mass is 358 g/mol. The number of carbonyl (C=O) groups excluding carboxylic acids is 1. The van der Waals surface area contributed by atoms with Gasteiger partial charge in [0.1, 0.15) is 12.4 Å². The second-order valence-corrected chi connectivity index (χ2v) is 5.66. The highest BCUT2D eigenvalue weighted by atomic mass is 35.5. The molecule has 1 amide bonds. The van der Waals surface area contributed by atoms with Crippen LogP contribution in [0.2, 0.25) is 0 Å². The SMILES string of the molecule is COCCOc1cc(C)ccc1CNC(=O)CC1COCCN1.Cl. The molecule has 0 radical (unpaired) electrons. The fourth-order valence-electron chi connectivity index (χ4n) is 2.42. The second kappa shape index (κ2) is 11.3. The molecule has 1 saturated heterocycles. The first kappa shape index (κ1) is 20.7. The molecule has 24 heavy (non-hydrogen) atoms. The minimum absolute atomic E-state index is 0. The molecule has 0 bridgehead atoms. The number of ether oxygens (including phenoxy) is 3. The van der Waals surface area contributed by atoms with E-state index in [2.05, 4.69) is 10.6 Å². The molecule has 0 saturated carbocycles. The van der Waals surface area contributed by atoms with Gasteiger partial charge >= 0.3 is 0 Å². The maximum Gasteiger partial charge on any atom is 0.221 e. The maximum absolute atomic E-state index is 12.1. The van der Waals surface area contributed by atoms with E-state index in [-0.39, 0.29) is 24.4 Å². The highest BCUT2D eigenvalue weighted by Crippen LogP contribution is 2.20. The summed E-state index contributed by atoms with van der Waals surface area (Å²) in [7, 11) is 1.64. The first-order valence-corrected chi connectivity index (χ1v) is 7.98. The molecule has 136 valence electrons. The summed E-state index contributed by atoms with van der Waals surface area (Å²) in [5.74, 6) is 0.804. The molecule has 1 heterocycles. The van der Waals surface area contributed by atoms with Crippen LogP contribution in [0.3, 0.4) is 0 Å². The minimum atomic E-state index is 0. The van der Waals surface area contributed by atoms with Crippen LogP contribution in [0.5, 0.6) is 5.75 Å². The minimum Gasteiger partial charge on any atom is -0.491 e. The van der Waals surface area contributed by atoms with Gasteiger partial charge in [-0.25, -0.2) is 0 Å². The summed E-state index contributed by atoms with van der Waals surface area (Å²) < 4.78 is 16.1. The van der Waals surface area contributed by atoms with E-state index in [1.807, 2.05) is 25.1 Å². The average Bonchev–Trinajstić information content (AvgIpc) is 2.55. The Hall–Kier alpha value is -1.34. The zero-order chi connectivity index (χ0) is 16.5. The van der Waals surface area contributed by atoms with Crippen LogP contribution >= 0.6 is 12.4 Å². The van der Waals surface area contributed by atoms with E-state index in [0.717, 1.165) is 23.4 Å². The van der Waals surface area contributed by atoms with E-state index in [4.69, 9.17) is 14.2 Å². The lowest BCUT2D eigenvalue weighted by molar-refractivity contribution is -0.122. The van der Waals surface area contributed by atoms with Crippen molar-refractivity contribution in [1.82, 2.24) is 10.6 Å². The summed E-state index contributed by atoms with van der Waals surface area (Å²) in [6.07, 6.45) is 0.422. The van der Waals surface area contributed by atoms with Crippen molar-refractivity contribution in [3.63, 3.8) is 0 Å². The number of carbonyl (C=O) groups is 1. The van der Waals surface area contributed by atoms with E-state index in [0.29, 0.717) is 39.4 Å². The zero-order valence-electron chi connectivity index (χ0n) is 14.3. The van der Waals surface area contributed by atoms with Crippen LogP contribution in [-0.2, 0) is 20.8 Å². The molecule has 6 nitrogen and oxygen atoms in total. The Morgan fingerprint density at radius 2 is 2.25 bits per heavy atom. The number of rotatable bonds is 8. The molecule has 1 unspecified atom stereocenters. The quantitative estimate of drug-likeness (QED) is 0.688. The normalized spacial score (nSPS) is 17.0. The Balaban J connectivity index is 0.00000288. The van der Waals surface area contributed by atoms with Crippen molar-refractivity contribution in [2.24, 2.45) is 0 Å². The number of hydrogen-bond donors (Lipinski definition) is 2. The molecule has 0 spiro atoms. The summed E-state index contributed by atoms with van der Waals surface area (Å²) in [4.78, 5) is 12.1. The largest absolute Gasteiger partial charge is 0.491 e.